The van der Waals surface area contributed by atoms with Crippen molar-refractivity contribution in [2.45, 2.75) is 18.9 Å². The molecule has 1 aliphatic rings. The predicted octanol–water partition coefficient (Wildman–Crippen LogP) is 2.94. The normalized spacial score (nSPS) is 19.5. The topological polar surface area (TPSA) is 60.5 Å². The van der Waals surface area contributed by atoms with Gasteiger partial charge in [0.15, 0.2) is 0 Å². The first-order chi connectivity index (χ1) is 10.4. The second-order valence-corrected chi connectivity index (χ2v) is 6.06. The van der Waals surface area contributed by atoms with Crippen LogP contribution in [0.4, 0.5) is 5.69 Å². The second-order valence-electron chi connectivity index (χ2n) is 6.06. The van der Waals surface area contributed by atoms with Crippen molar-refractivity contribution < 1.29 is 9.66 Å². The van der Waals surface area contributed by atoms with Crippen LogP contribution in [-0.2, 0) is 5.60 Å². The summed E-state index contributed by atoms with van der Waals surface area (Å²) >= 11 is 0. The zero-order valence-corrected chi connectivity index (χ0v) is 12.9. The third kappa shape index (κ3) is 2.35. The molecule has 1 aromatic carbocycles. The highest BCUT2D eigenvalue weighted by Gasteiger charge is 2.37. The largest absolute Gasteiger partial charge is 0.479 e. The average molecular weight is 301 g/mol. The molecule has 2 heterocycles. The van der Waals surface area contributed by atoms with Gasteiger partial charge in [0.2, 0.25) is 0 Å². The summed E-state index contributed by atoms with van der Waals surface area (Å²) in [5, 5.41) is 11.0. The monoisotopic (exact) mass is 301 g/mol. The van der Waals surface area contributed by atoms with E-state index in [1.807, 2.05) is 37.0 Å². The zero-order chi connectivity index (χ0) is 15.9. The van der Waals surface area contributed by atoms with Gasteiger partial charge in [-0.3, -0.25) is 10.1 Å². The van der Waals surface area contributed by atoms with Crippen molar-refractivity contribution in [2.75, 3.05) is 20.6 Å². The van der Waals surface area contributed by atoms with Crippen molar-refractivity contribution in [3.63, 3.8) is 0 Å². The molecule has 0 amide bonds. The van der Waals surface area contributed by atoms with E-state index in [9.17, 15) is 10.1 Å². The molecule has 0 saturated heterocycles. The Morgan fingerprint density at radius 1 is 1.36 bits per heavy atom. The molecule has 0 radical (unpaired) electrons. The number of hydrogen-bond acceptors (Lipinski definition) is 4. The Bertz CT molecular complexity index is 723. The molecule has 2 aromatic rings. The van der Waals surface area contributed by atoms with Crippen LogP contribution in [0.1, 0.15) is 19.0 Å². The van der Waals surface area contributed by atoms with E-state index in [0.29, 0.717) is 5.75 Å². The number of nitrogens with zero attached hydrogens (tertiary/aromatic N) is 3. The van der Waals surface area contributed by atoms with E-state index in [4.69, 9.17) is 4.74 Å². The van der Waals surface area contributed by atoms with Gasteiger partial charge < -0.3 is 14.2 Å². The number of aromatic nitrogens is 1. The Labute approximate surface area is 129 Å². The lowest BCUT2D eigenvalue weighted by atomic mass is 9.95. The fraction of sp³-hybridized carbons (Fsp3) is 0.375. The highest BCUT2D eigenvalue weighted by molar-refractivity contribution is 5.57. The lowest BCUT2D eigenvalue weighted by molar-refractivity contribution is -0.384. The molecule has 1 aliphatic heterocycles. The van der Waals surface area contributed by atoms with Crippen LogP contribution >= 0.6 is 0 Å². The first-order valence-electron chi connectivity index (χ1n) is 7.21. The van der Waals surface area contributed by atoms with Crippen LogP contribution in [0.15, 0.2) is 36.5 Å². The molecular formula is C16H19N3O3. The van der Waals surface area contributed by atoms with E-state index in [-0.39, 0.29) is 10.6 Å². The van der Waals surface area contributed by atoms with Crippen molar-refractivity contribution in [2.24, 2.45) is 0 Å². The molecular weight excluding hydrogens is 282 g/mol. The third-order valence-corrected chi connectivity index (χ3v) is 4.07. The Hall–Kier alpha value is -2.34. The van der Waals surface area contributed by atoms with Crippen LogP contribution in [0.25, 0.3) is 5.69 Å². The van der Waals surface area contributed by atoms with Gasteiger partial charge in [0.05, 0.1) is 16.3 Å². The Morgan fingerprint density at radius 3 is 2.82 bits per heavy atom. The Balaban J connectivity index is 2.05. The SMILES string of the molecule is CN(C)CCC1(C)Oc2ccc([N+](=O)[O-])cc2-n2cccc21. The summed E-state index contributed by atoms with van der Waals surface area (Å²) in [5.41, 5.74) is 1.36. The summed E-state index contributed by atoms with van der Waals surface area (Å²) in [4.78, 5) is 12.7. The number of non-ortho nitro benzene ring substituents is 1. The van der Waals surface area contributed by atoms with Crippen molar-refractivity contribution in [3.05, 3.63) is 52.3 Å². The molecule has 22 heavy (non-hydrogen) atoms. The third-order valence-electron chi connectivity index (χ3n) is 4.07. The van der Waals surface area contributed by atoms with Crippen molar-refractivity contribution >= 4 is 5.69 Å². The number of rotatable bonds is 4. The van der Waals surface area contributed by atoms with Crippen molar-refractivity contribution in [1.82, 2.24) is 9.47 Å². The van der Waals surface area contributed by atoms with Gasteiger partial charge in [-0.1, -0.05) is 0 Å². The summed E-state index contributed by atoms with van der Waals surface area (Å²) in [7, 11) is 4.06. The molecule has 3 rings (SSSR count). The van der Waals surface area contributed by atoms with Gasteiger partial charge >= 0.3 is 0 Å². The smallest absolute Gasteiger partial charge is 0.271 e. The molecule has 6 nitrogen and oxygen atoms in total. The molecule has 0 aliphatic carbocycles. The predicted molar refractivity (Wildman–Crippen MR) is 83.6 cm³/mol. The van der Waals surface area contributed by atoms with Crippen LogP contribution in [0.2, 0.25) is 0 Å². The number of hydrogen-bond donors (Lipinski definition) is 0. The highest BCUT2D eigenvalue weighted by atomic mass is 16.6. The maximum absolute atomic E-state index is 11.0. The maximum atomic E-state index is 11.0. The standard InChI is InChI=1S/C16H19N3O3/c1-16(8-10-17(2)3)15-5-4-9-18(15)13-11-12(19(20)21)6-7-14(13)22-16/h4-7,9,11H,8,10H2,1-3H3. The van der Waals surface area contributed by atoms with E-state index in [1.54, 1.807) is 12.1 Å². The summed E-state index contributed by atoms with van der Waals surface area (Å²) in [6.07, 6.45) is 2.76. The van der Waals surface area contributed by atoms with E-state index >= 15 is 0 Å². The lowest BCUT2D eigenvalue weighted by Gasteiger charge is -2.37. The van der Waals surface area contributed by atoms with Crippen molar-refractivity contribution in [1.29, 1.82) is 0 Å². The van der Waals surface area contributed by atoms with Crippen LogP contribution in [0, 0.1) is 10.1 Å². The van der Waals surface area contributed by atoms with Gasteiger partial charge in [-0.05, 0) is 39.2 Å². The van der Waals surface area contributed by atoms with E-state index in [2.05, 4.69) is 11.8 Å². The van der Waals surface area contributed by atoms with E-state index < -0.39 is 5.60 Å². The minimum absolute atomic E-state index is 0.0684. The van der Waals surface area contributed by atoms with Gasteiger partial charge in [-0.2, -0.15) is 0 Å². The lowest BCUT2D eigenvalue weighted by Crippen LogP contribution is -2.38. The molecule has 1 aromatic heterocycles. The molecule has 0 fully saturated rings. The Morgan fingerprint density at radius 2 is 2.14 bits per heavy atom. The summed E-state index contributed by atoms with van der Waals surface area (Å²) in [6, 6.07) is 8.69. The quantitative estimate of drug-likeness (QED) is 0.643. The molecule has 0 N–H and O–H groups in total. The van der Waals surface area contributed by atoms with Gasteiger partial charge in [-0.15, -0.1) is 0 Å². The fourth-order valence-electron chi connectivity index (χ4n) is 2.83. The van der Waals surface area contributed by atoms with E-state index in [0.717, 1.165) is 24.3 Å². The Kier molecular flexibility index (Phi) is 3.41. The highest BCUT2D eigenvalue weighted by Crippen LogP contribution is 2.42. The molecule has 6 heteroatoms. The number of fused-ring (bicyclic) bond motifs is 3. The van der Waals surface area contributed by atoms with Gasteiger partial charge in [0.25, 0.3) is 5.69 Å². The maximum Gasteiger partial charge on any atom is 0.271 e. The molecule has 1 atom stereocenters. The fourth-order valence-corrected chi connectivity index (χ4v) is 2.83. The number of benzene rings is 1. The molecule has 0 bridgehead atoms. The first kappa shape index (κ1) is 14.6. The minimum Gasteiger partial charge on any atom is -0.479 e. The molecule has 0 saturated carbocycles. The molecule has 116 valence electrons. The second kappa shape index (κ2) is 5.14. The number of nitro benzene ring substituents is 1. The zero-order valence-electron chi connectivity index (χ0n) is 12.9. The van der Waals surface area contributed by atoms with E-state index in [1.165, 1.54) is 6.07 Å². The average Bonchev–Trinajstić information content (AvgIpc) is 2.96. The first-order valence-corrected chi connectivity index (χ1v) is 7.21. The van der Waals surface area contributed by atoms with Crippen molar-refractivity contribution in [3.8, 4) is 11.4 Å². The van der Waals surface area contributed by atoms with Crippen LogP contribution in [0.3, 0.4) is 0 Å². The van der Waals surface area contributed by atoms with Crippen LogP contribution < -0.4 is 4.74 Å². The number of nitro groups is 1. The minimum atomic E-state index is -0.448. The van der Waals surface area contributed by atoms with Crippen LogP contribution in [-0.4, -0.2) is 35.0 Å². The van der Waals surface area contributed by atoms with Gasteiger partial charge in [0.1, 0.15) is 11.4 Å². The van der Waals surface area contributed by atoms with Gasteiger partial charge in [0, 0.05) is 31.3 Å². The molecule has 0 spiro atoms. The summed E-state index contributed by atoms with van der Waals surface area (Å²) < 4.78 is 8.21. The van der Waals surface area contributed by atoms with Gasteiger partial charge in [-0.25, -0.2) is 0 Å². The number of ether oxygens (including phenoxy) is 1. The summed E-state index contributed by atoms with van der Waals surface area (Å²) in [5.74, 6) is 0.676. The van der Waals surface area contributed by atoms with Crippen LogP contribution in [0.5, 0.6) is 5.75 Å². The summed E-state index contributed by atoms with van der Waals surface area (Å²) in [6.45, 7) is 2.96. The molecule has 1 unspecified atom stereocenters.